The van der Waals surface area contributed by atoms with Gasteiger partial charge in [-0.15, -0.1) is 0 Å². The number of halogens is 1. The lowest BCUT2D eigenvalue weighted by Gasteiger charge is -2.12. The number of nitrogens with one attached hydrogen (secondary N) is 1. The summed E-state index contributed by atoms with van der Waals surface area (Å²) in [7, 11) is 0. The van der Waals surface area contributed by atoms with Crippen LogP contribution in [0.15, 0.2) is 34.9 Å². The third kappa shape index (κ3) is 3.85. The number of benzene rings is 1. The van der Waals surface area contributed by atoms with Crippen molar-refractivity contribution >= 4 is 21.6 Å². The van der Waals surface area contributed by atoms with Crippen LogP contribution in [0.3, 0.4) is 0 Å². The van der Waals surface area contributed by atoms with Gasteiger partial charge in [-0.05, 0) is 53.0 Å². The van der Waals surface area contributed by atoms with E-state index < -0.39 is 0 Å². The fraction of sp³-hybridized carbons (Fsp3) is 0.375. The monoisotopic (exact) mass is 346 g/mol. The average molecular weight is 347 g/mol. The molecule has 1 aromatic heterocycles. The highest BCUT2D eigenvalue weighted by molar-refractivity contribution is 9.10. The van der Waals surface area contributed by atoms with Gasteiger partial charge in [0.05, 0.1) is 29.9 Å². The minimum Gasteiger partial charge on any atom is -0.378 e. The molecule has 0 bridgehead atoms. The third-order valence-electron chi connectivity index (χ3n) is 3.54. The van der Waals surface area contributed by atoms with Crippen LogP contribution < -0.4 is 5.32 Å². The van der Waals surface area contributed by atoms with Crippen molar-refractivity contribution in [3.8, 4) is 6.07 Å². The van der Waals surface area contributed by atoms with Gasteiger partial charge in [0, 0.05) is 16.4 Å². The lowest BCUT2D eigenvalue weighted by Crippen LogP contribution is -2.09. The predicted octanol–water partition coefficient (Wildman–Crippen LogP) is 4.49. The summed E-state index contributed by atoms with van der Waals surface area (Å²) in [6, 6.07) is 10.2. The normalized spacial score (nSPS) is 10.6. The molecule has 0 saturated carbocycles. The summed E-state index contributed by atoms with van der Waals surface area (Å²) < 4.78 is 2.94. The van der Waals surface area contributed by atoms with E-state index in [0.717, 1.165) is 28.7 Å². The first-order chi connectivity index (χ1) is 10.2. The van der Waals surface area contributed by atoms with Gasteiger partial charge < -0.3 is 5.32 Å². The topological polar surface area (TPSA) is 53.6 Å². The van der Waals surface area contributed by atoms with Crippen LogP contribution in [0.4, 0.5) is 5.69 Å². The second kappa shape index (κ2) is 7.28. The van der Waals surface area contributed by atoms with Crippen LogP contribution >= 0.6 is 15.9 Å². The summed E-state index contributed by atoms with van der Waals surface area (Å²) in [6.45, 7) is 5.03. The minimum absolute atomic E-state index is 0.473. The molecule has 2 rings (SSSR count). The molecule has 0 amide bonds. The lowest BCUT2D eigenvalue weighted by atomic mass is 10.2. The van der Waals surface area contributed by atoms with Crippen molar-refractivity contribution in [2.75, 3.05) is 5.32 Å². The number of rotatable bonds is 6. The number of hydrogen-bond donors (Lipinski definition) is 1. The zero-order chi connectivity index (χ0) is 15.2. The smallest absolute Gasteiger partial charge is 0.0992 e. The number of aromatic nitrogens is 2. The Bertz CT molecular complexity index is 638. The van der Waals surface area contributed by atoms with Crippen LogP contribution in [0, 0.1) is 11.3 Å². The van der Waals surface area contributed by atoms with Gasteiger partial charge in [-0.2, -0.15) is 10.4 Å². The summed E-state index contributed by atoms with van der Waals surface area (Å²) in [5.74, 6) is 0. The molecule has 1 N–H and O–H groups in total. The molecule has 0 fully saturated rings. The molecular weight excluding hydrogens is 328 g/mol. The SMILES string of the molecule is CCC(CC)n1ccc(CNc2ccc(C#N)cc2Br)n1. The highest BCUT2D eigenvalue weighted by atomic mass is 79.9. The quantitative estimate of drug-likeness (QED) is 0.838. The van der Waals surface area contributed by atoms with E-state index in [9.17, 15) is 0 Å². The standard InChI is InChI=1S/C16H19BrN4/c1-3-14(4-2)21-8-7-13(20-21)11-19-16-6-5-12(10-18)9-15(16)17/h5-9,14,19H,3-4,11H2,1-2H3. The minimum atomic E-state index is 0.473. The predicted molar refractivity (Wildman–Crippen MR) is 88.0 cm³/mol. The zero-order valence-electron chi connectivity index (χ0n) is 12.3. The van der Waals surface area contributed by atoms with E-state index in [1.165, 1.54) is 0 Å². The van der Waals surface area contributed by atoms with E-state index >= 15 is 0 Å². The van der Waals surface area contributed by atoms with E-state index in [4.69, 9.17) is 5.26 Å². The fourth-order valence-corrected chi connectivity index (χ4v) is 2.77. The number of anilines is 1. The van der Waals surface area contributed by atoms with Crippen LogP contribution in [0.5, 0.6) is 0 Å². The maximum Gasteiger partial charge on any atom is 0.0992 e. The van der Waals surface area contributed by atoms with Crippen molar-refractivity contribution in [1.29, 1.82) is 5.26 Å². The van der Waals surface area contributed by atoms with Gasteiger partial charge in [-0.1, -0.05) is 13.8 Å². The zero-order valence-corrected chi connectivity index (χ0v) is 13.9. The number of nitrogens with zero attached hydrogens (tertiary/aromatic N) is 3. The van der Waals surface area contributed by atoms with E-state index in [1.54, 1.807) is 6.07 Å². The van der Waals surface area contributed by atoms with Crippen LogP contribution in [0.2, 0.25) is 0 Å². The molecule has 0 aliphatic heterocycles. The maximum atomic E-state index is 8.86. The van der Waals surface area contributed by atoms with Gasteiger partial charge in [0.1, 0.15) is 0 Å². The van der Waals surface area contributed by atoms with Crippen molar-refractivity contribution in [3.05, 3.63) is 46.2 Å². The molecule has 0 aliphatic rings. The Morgan fingerprint density at radius 1 is 1.33 bits per heavy atom. The molecule has 0 aliphatic carbocycles. The first kappa shape index (κ1) is 15.6. The highest BCUT2D eigenvalue weighted by Crippen LogP contribution is 2.24. The second-order valence-corrected chi connectivity index (χ2v) is 5.77. The Morgan fingerprint density at radius 3 is 2.71 bits per heavy atom. The van der Waals surface area contributed by atoms with Gasteiger partial charge in [-0.3, -0.25) is 4.68 Å². The summed E-state index contributed by atoms with van der Waals surface area (Å²) >= 11 is 3.47. The molecule has 1 heterocycles. The second-order valence-electron chi connectivity index (χ2n) is 4.92. The fourth-order valence-electron chi connectivity index (χ4n) is 2.25. The summed E-state index contributed by atoms with van der Waals surface area (Å²) in [6.07, 6.45) is 4.22. The molecule has 2 aromatic rings. The Labute approximate surface area is 133 Å². The van der Waals surface area contributed by atoms with Crippen molar-refractivity contribution in [1.82, 2.24) is 9.78 Å². The third-order valence-corrected chi connectivity index (χ3v) is 4.19. The van der Waals surface area contributed by atoms with Gasteiger partial charge in [-0.25, -0.2) is 0 Å². The molecule has 110 valence electrons. The molecule has 5 heteroatoms. The Morgan fingerprint density at radius 2 is 2.10 bits per heavy atom. The van der Waals surface area contributed by atoms with Gasteiger partial charge in [0.2, 0.25) is 0 Å². The molecule has 21 heavy (non-hydrogen) atoms. The van der Waals surface area contributed by atoms with Crippen molar-refractivity contribution in [2.45, 2.75) is 39.3 Å². The van der Waals surface area contributed by atoms with E-state index in [1.807, 2.05) is 29.1 Å². The average Bonchev–Trinajstić information content (AvgIpc) is 2.96. The van der Waals surface area contributed by atoms with Gasteiger partial charge >= 0.3 is 0 Å². The summed E-state index contributed by atoms with van der Waals surface area (Å²) in [5.41, 5.74) is 2.62. The van der Waals surface area contributed by atoms with Gasteiger partial charge in [0.25, 0.3) is 0 Å². The maximum absolute atomic E-state index is 8.86. The van der Waals surface area contributed by atoms with Crippen molar-refractivity contribution in [3.63, 3.8) is 0 Å². The molecule has 0 saturated heterocycles. The van der Waals surface area contributed by atoms with E-state index in [0.29, 0.717) is 18.2 Å². The molecule has 0 atom stereocenters. The van der Waals surface area contributed by atoms with E-state index in [-0.39, 0.29) is 0 Å². The van der Waals surface area contributed by atoms with E-state index in [2.05, 4.69) is 46.3 Å². The Balaban J connectivity index is 2.02. The van der Waals surface area contributed by atoms with Crippen molar-refractivity contribution in [2.24, 2.45) is 0 Å². The lowest BCUT2D eigenvalue weighted by molar-refractivity contribution is 0.426. The van der Waals surface area contributed by atoms with Gasteiger partial charge in [0.15, 0.2) is 0 Å². The largest absolute Gasteiger partial charge is 0.378 e. The Hall–Kier alpha value is -1.80. The molecule has 1 aromatic carbocycles. The molecule has 0 unspecified atom stereocenters. The summed E-state index contributed by atoms with van der Waals surface area (Å²) in [4.78, 5) is 0. The van der Waals surface area contributed by atoms with Crippen LogP contribution in [0.25, 0.3) is 0 Å². The van der Waals surface area contributed by atoms with Crippen LogP contribution in [-0.2, 0) is 6.54 Å². The Kier molecular flexibility index (Phi) is 5.40. The molecular formula is C16H19BrN4. The molecule has 0 radical (unpaired) electrons. The number of nitriles is 1. The first-order valence-electron chi connectivity index (χ1n) is 7.15. The molecule has 0 spiro atoms. The van der Waals surface area contributed by atoms with Crippen LogP contribution in [0.1, 0.15) is 44.0 Å². The first-order valence-corrected chi connectivity index (χ1v) is 7.94. The highest BCUT2D eigenvalue weighted by Gasteiger charge is 2.08. The van der Waals surface area contributed by atoms with Crippen molar-refractivity contribution < 1.29 is 0 Å². The number of hydrogen-bond acceptors (Lipinski definition) is 3. The summed E-state index contributed by atoms with van der Waals surface area (Å²) in [5, 5.41) is 16.8. The molecule has 4 nitrogen and oxygen atoms in total. The van der Waals surface area contributed by atoms with Crippen LogP contribution in [-0.4, -0.2) is 9.78 Å².